The number of hydrogen-bond donors (Lipinski definition) is 1. The molecule has 5 rings (SSSR count). The lowest BCUT2D eigenvalue weighted by atomic mass is 9.97. The summed E-state index contributed by atoms with van der Waals surface area (Å²) in [6.45, 7) is 3.86. The first-order valence-corrected chi connectivity index (χ1v) is 11.3. The normalized spacial score (nSPS) is 11.2. The highest BCUT2D eigenvalue weighted by Gasteiger charge is 2.22. The van der Waals surface area contributed by atoms with Crippen molar-refractivity contribution in [3.8, 4) is 16.9 Å². The van der Waals surface area contributed by atoms with E-state index in [1.807, 2.05) is 25.1 Å². The molecule has 7 nitrogen and oxygen atoms in total. The lowest BCUT2D eigenvalue weighted by molar-refractivity contribution is 0.101. The smallest absolute Gasteiger partial charge is 0.278 e. The number of aryl methyl sites for hydroxylation is 2. The molecular weight excluding hydrogens is 450 g/mol. The number of methoxy groups -OCH3 is 1. The molecule has 1 N–H and O–H groups in total. The van der Waals surface area contributed by atoms with Gasteiger partial charge >= 0.3 is 0 Å². The Bertz CT molecular complexity index is 1560. The molecule has 3 aromatic carbocycles. The highest BCUT2D eigenvalue weighted by Crippen LogP contribution is 2.34. The lowest BCUT2D eigenvalue weighted by Gasteiger charge is -2.11. The number of carbonyl (C=O) groups excluding carboxylic acids is 1. The minimum Gasteiger partial charge on any atom is -0.495 e. The Morgan fingerprint density at radius 1 is 1.09 bits per heavy atom. The molecule has 34 heavy (non-hydrogen) atoms. The number of hydrogen-bond acceptors (Lipinski definition) is 5. The quantitative estimate of drug-likeness (QED) is 0.354. The summed E-state index contributed by atoms with van der Waals surface area (Å²) in [5.74, 6) is 0.0720. The average molecular weight is 472 g/mol. The van der Waals surface area contributed by atoms with Crippen LogP contribution < -0.4 is 10.1 Å². The third kappa shape index (κ3) is 3.64. The van der Waals surface area contributed by atoms with Gasteiger partial charge in [0.05, 0.1) is 29.7 Å². The van der Waals surface area contributed by atoms with Crippen molar-refractivity contribution < 1.29 is 9.53 Å². The Balaban J connectivity index is 1.63. The summed E-state index contributed by atoms with van der Waals surface area (Å²) in [7, 11) is 1.53. The van der Waals surface area contributed by atoms with Gasteiger partial charge in [0.1, 0.15) is 5.75 Å². The predicted molar refractivity (Wildman–Crippen MR) is 134 cm³/mol. The van der Waals surface area contributed by atoms with Gasteiger partial charge in [0, 0.05) is 5.02 Å². The maximum absolute atomic E-state index is 13.1. The number of carbonyl (C=O) groups is 1. The highest BCUT2D eigenvalue weighted by atomic mass is 35.5. The van der Waals surface area contributed by atoms with Crippen molar-refractivity contribution in [3.63, 3.8) is 0 Å². The predicted octanol–water partition coefficient (Wildman–Crippen LogP) is 5.73. The van der Waals surface area contributed by atoms with E-state index in [9.17, 15) is 4.79 Å². The van der Waals surface area contributed by atoms with Gasteiger partial charge in [-0.3, -0.25) is 4.79 Å². The van der Waals surface area contributed by atoms with Gasteiger partial charge in [-0.25, -0.2) is 4.52 Å². The number of nitrogens with zero attached hydrogens (tertiary/aromatic N) is 4. The van der Waals surface area contributed by atoms with E-state index in [1.54, 1.807) is 22.7 Å². The molecule has 0 fully saturated rings. The molecule has 0 radical (unpaired) electrons. The summed E-state index contributed by atoms with van der Waals surface area (Å²) in [4.78, 5) is 13.1. The summed E-state index contributed by atoms with van der Waals surface area (Å²) in [6, 6.07) is 19.4. The fraction of sp³-hybridized carbons (Fsp3) is 0.154. The number of fused-ring (bicyclic) bond motifs is 2. The van der Waals surface area contributed by atoms with Crippen molar-refractivity contribution in [1.82, 2.24) is 19.8 Å². The van der Waals surface area contributed by atoms with Gasteiger partial charge in [0.2, 0.25) is 0 Å². The van der Waals surface area contributed by atoms with Crippen molar-refractivity contribution in [2.45, 2.75) is 20.3 Å². The molecule has 0 saturated carbocycles. The molecule has 170 valence electrons. The number of nitrogens with one attached hydrogen (secondary N) is 1. The van der Waals surface area contributed by atoms with Crippen LogP contribution in [-0.2, 0) is 6.42 Å². The summed E-state index contributed by atoms with van der Waals surface area (Å²) in [5, 5.41) is 19.1. The van der Waals surface area contributed by atoms with E-state index in [4.69, 9.17) is 21.4 Å². The summed E-state index contributed by atoms with van der Waals surface area (Å²) >= 11 is 6.10. The average Bonchev–Trinajstić information content (AvgIpc) is 3.23. The molecule has 0 atom stereocenters. The molecule has 0 unspecified atom stereocenters. The molecule has 0 aliphatic rings. The van der Waals surface area contributed by atoms with Crippen LogP contribution in [0.3, 0.4) is 0 Å². The molecule has 0 aliphatic heterocycles. The Kier molecular flexibility index (Phi) is 5.63. The monoisotopic (exact) mass is 471 g/mol. The van der Waals surface area contributed by atoms with Gasteiger partial charge in [0.15, 0.2) is 11.3 Å². The molecule has 0 aliphatic carbocycles. The standard InChI is InChI=1S/C26H22ClN5O2/c1-4-20-23(19-11-7-9-16-8-5-6-10-18(16)19)25-30-29-24(15(2)32(25)31-20)26(33)28-21-14-17(27)12-13-22(21)34-3/h5-14H,4H2,1-3H3,(H,28,33). The minimum absolute atomic E-state index is 0.171. The molecule has 1 amide bonds. The van der Waals surface area contributed by atoms with Gasteiger partial charge in [-0.1, -0.05) is 61.0 Å². The summed E-state index contributed by atoms with van der Waals surface area (Å²) in [6.07, 6.45) is 0.711. The first kappa shape index (κ1) is 21.9. The zero-order valence-corrected chi connectivity index (χ0v) is 19.7. The molecule has 0 saturated heterocycles. The second-order valence-corrected chi connectivity index (χ2v) is 8.31. The number of anilines is 1. The van der Waals surface area contributed by atoms with Crippen molar-refractivity contribution in [2.24, 2.45) is 0 Å². The first-order chi connectivity index (χ1) is 16.5. The number of amides is 1. The number of ether oxygens (including phenoxy) is 1. The third-order valence-corrected chi connectivity index (χ3v) is 6.09. The molecule has 0 spiro atoms. The lowest BCUT2D eigenvalue weighted by Crippen LogP contribution is -2.19. The molecule has 0 bridgehead atoms. The van der Waals surface area contributed by atoms with E-state index in [0.717, 1.165) is 27.6 Å². The first-order valence-electron chi connectivity index (χ1n) is 10.9. The van der Waals surface area contributed by atoms with E-state index >= 15 is 0 Å². The number of aromatic nitrogens is 4. The van der Waals surface area contributed by atoms with E-state index in [-0.39, 0.29) is 5.69 Å². The summed E-state index contributed by atoms with van der Waals surface area (Å²) in [5.41, 5.74) is 4.68. The van der Waals surface area contributed by atoms with E-state index in [1.165, 1.54) is 7.11 Å². The van der Waals surface area contributed by atoms with Crippen molar-refractivity contribution >= 4 is 39.6 Å². The van der Waals surface area contributed by atoms with E-state index < -0.39 is 5.91 Å². The Hall–Kier alpha value is -3.97. The number of rotatable bonds is 5. The Morgan fingerprint density at radius 3 is 2.68 bits per heavy atom. The third-order valence-electron chi connectivity index (χ3n) is 5.86. The van der Waals surface area contributed by atoms with Crippen LogP contribution >= 0.6 is 11.6 Å². The second-order valence-electron chi connectivity index (χ2n) is 7.87. The van der Waals surface area contributed by atoms with Crippen LogP contribution in [0.1, 0.15) is 28.8 Å². The van der Waals surface area contributed by atoms with Crippen molar-refractivity contribution in [2.75, 3.05) is 12.4 Å². The van der Waals surface area contributed by atoms with Crippen LogP contribution in [0.5, 0.6) is 5.75 Å². The zero-order valence-electron chi connectivity index (χ0n) is 19.0. The molecule has 2 heterocycles. The Morgan fingerprint density at radius 2 is 1.88 bits per heavy atom. The Labute approximate surface area is 201 Å². The van der Waals surface area contributed by atoms with Crippen LogP contribution in [-0.4, -0.2) is 32.8 Å². The van der Waals surface area contributed by atoms with Gasteiger partial charge in [-0.15, -0.1) is 10.2 Å². The van der Waals surface area contributed by atoms with Crippen LogP contribution in [0, 0.1) is 6.92 Å². The van der Waals surface area contributed by atoms with E-state index in [0.29, 0.717) is 34.2 Å². The largest absolute Gasteiger partial charge is 0.495 e. The van der Waals surface area contributed by atoms with Gasteiger partial charge < -0.3 is 10.1 Å². The minimum atomic E-state index is -0.423. The second kappa shape index (κ2) is 8.76. The highest BCUT2D eigenvalue weighted by molar-refractivity contribution is 6.31. The van der Waals surface area contributed by atoms with E-state index in [2.05, 4.69) is 46.7 Å². The maximum atomic E-state index is 13.1. The molecular formula is C26H22ClN5O2. The van der Waals surface area contributed by atoms with Crippen LogP contribution in [0.2, 0.25) is 5.02 Å². The van der Waals surface area contributed by atoms with Crippen molar-refractivity contribution in [1.29, 1.82) is 0 Å². The topological polar surface area (TPSA) is 81.4 Å². The van der Waals surface area contributed by atoms with Crippen LogP contribution in [0.25, 0.3) is 27.5 Å². The fourth-order valence-electron chi connectivity index (χ4n) is 4.19. The molecule has 2 aromatic heterocycles. The molecule has 5 aromatic rings. The van der Waals surface area contributed by atoms with Crippen LogP contribution in [0.15, 0.2) is 60.7 Å². The molecule has 8 heteroatoms. The number of benzene rings is 3. The van der Waals surface area contributed by atoms with Gasteiger partial charge in [-0.2, -0.15) is 5.10 Å². The summed E-state index contributed by atoms with van der Waals surface area (Å²) < 4.78 is 7.03. The maximum Gasteiger partial charge on any atom is 0.278 e. The zero-order chi connectivity index (χ0) is 23.8. The SMILES string of the molecule is CCc1nn2c(C)c(C(=O)Nc3cc(Cl)ccc3OC)nnc2c1-c1cccc2ccccc12. The number of halogens is 1. The van der Waals surface area contributed by atoms with Crippen molar-refractivity contribution in [3.05, 3.63) is 82.8 Å². The van der Waals surface area contributed by atoms with Gasteiger partial charge in [-0.05, 0) is 47.9 Å². The van der Waals surface area contributed by atoms with Crippen LogP contribution in [0.4, 0.5) is 5.69 Å². The fourth-order valence-corrected chi connectivity index (χ4v) is 4.36. The van der Waals surface area contributed by atoms with Gasteiger partial charge in [0.25, 0.3) is 5.91 Å².